The molecule has 7 nitrogen and oxygen atoms in total. The molecule has 27 heavy (non-hydrogen) atoms. The van der Waals surface area contributed by atoms with Gasteiger partial charge in [0.2, 0.25) is 0 Å². The zero-order valence-corrected chi connectivity index (χ0v) is 15.3. The van der Waals surface area contributed by atoms with Gasteiger partial charge in [-0.2, -0.15) is 0 Å². The highest BCUT2D eigenvalue weighted by molar-refractivity contribution is 6.04. The maximum absolute atomic E-state index is 12.4. The molecule has 1 N–H and O–H groups in total. The fraction of sp³-hybridized carbons (Fsp3) is 0.250. The van der Waals surface area contributed by atoms with Gasteiger partial charge >= 0.3 is 5.97 Å². The van der Waals surface area contributed by atoms with Crippen LogP contribution in [0.2, 0.25) is 0 Å². The largest absolute Gasteiger partial charge is 0.733 e. The van der Waals surface area contributed by atoms with Crippen LogP contribution in [0.25, 0.3) is 11.0 Å². The van der Waals surface area contributed by atoms with Gasteiger partial charge in [-0.05, 0) is 56.7 Å². The third kappa shape index (κ3) is 4.21. The summed E-state index contributed by atoms with van der Waals surface area (Å²) in [5.41, 5.74) is 1.79. The van der Waals surface area contributed by atoms with Crippen LogP contribution in [0, 0.1) is 12.1 Å². The molecule has 0 fully saturated rings. The molecule has 7 heteroatoms. The number of anilines is 1. The average Bonchev–Trinajstić information content (AvgIpc) is 2.94. The molecule has 0 aliphatic heterocycles. The fourth-order valence-corrected chi connectivity index (χ4v) is 2.75. The summed E-state index contributed by atoms with van der Waals surface area (Å²) in [6, 6.07) is 11.6. The van der Waals surface area contributed by atoms with Crippen molar-refractivity contribution in [3.05, 3.63) is 64.6 Å². The van der Waals surface area contributed by atoms with Crippen molar-refractivity contribution in [2.24, 2.45) is 0 Å². The lowest BCUT2D eigenvalue weighted by atomic mass is 10.1. The molecule has 0 unspecified atom stereocenters. The number of nitrogens with zero attached hydrogens (tertiary/aromatic N) is 1. The zero-order chi connectivity index (χ0) is 19.6. The highest BCUT2D eigenvalue weighted by Gasteiger charge is 2.21. The molecule has 0 atom stereocenters. The highest BCUT2D eigenvalue weighted by atomic mass is 16.8. The number of carbonyl (C=O) groups excluding carboxylic acids is 1. The predicted molar refractivity (Wildman–Crippen MR) is 99.9 cm³/mol. The van der Waals surface area contributed by atoms with Crippen molar-refractivity contribution in [3.8, 4) is 5.75 Å². The third-order valence-electron chi connectivity index (χ3n) is 3.92. The normalized spacial score (nSPS) is 11.0. The predicted octanol–water partition coefficient (Wildman–Crippen LogP) is 4.58. The van der Waals surface area contributed by atoms with Gasteiger partial charge in [-0.15, -0.1) is 0 Å². The van der Waals surface area contributed by atoms with Crippen LogP contribution in [-0.2, 0) is 11.3 Å². The van der Waals surface area contributed by atoms with E-state index < -0.39 is 5.97 Å². The second kappa shape index (κ2) is 7.69. The Kier molecular flexibility index (Phi) is 5.34. The van der Waals surface area contributed by atoms with Crippen molar-refractivity contribution < 1.29 is 23.9 Å². The van der Waals surface area contributed by atoms with E-state index in [1.165, 1.54) is 12.1 Å². The van der Waals surface area contributed by atoms with Gasteiger partial charge < -0.3 is 24.3 Å². The molecule has 1 aromatic heterocycles. The Bertz CT molecular complexity index is 960. The first-order valence-corrected chi connectivity index (χ1v) is 8.47. The van der Waals surface area contributed by atoms with Crippen molar-refractivity contribution >= 4 is 22.6 Å². The number of fused-ring (bicyclic) bond motifs is 1. The maximum Gasteiger partial charge on any atom is 0.342 e. The molecular formula is C20H20NO6-. The molecule has 0 aliphatic carbocycles. The van der Waals surface area contributed by atoms with Gasteiger partial charge in [0, 0.05) is 5.39 Å². The second-order valence-corrected chi connectivity index (χ2v) is 6.38. The van der Waals surface area contributed by atoms with Gasteiger partial charge in [-0.3, -0.25) is 5.21 Å². The number of rotatable bonds is 6. The molecule has 1 heterocycles. The molecule has 0 saturated heterocycles. The molecular weight excluding hydrogens is 350 g/mol. The lowest BCUT2D eigenvalue weighted by Gasteiger charge is -2.22. The Morgan fingerprint density at radius 1 is 1.26 bits per heavy atom. The monoisotopic (exact) mass is 370 g/mol. The van der Waals surface area contributed by atoms with Crippen LogP contribution in [-0.4, -0.2) is 17.3 Å². The average molecular weight is 370 g/mol. The van der Waals surface area contributed by atoms with E-state index in [2.05, 4.69) is 0 Å². The summed E-state index contributed by atoms with van der Waals surface area (Å²) >= 11 is 0. The summed E-state index contributed by atoms with van der Waals surface area (Å²) in [7, 11) is 0. The molecule has 0 amide bonds. The summed E-state index contributed by atoms with van der Waals surface area (Å²) in [6.45, 7) is 5.48. The molecule has 142 valence electrons. The Morgan fingerprint density at radius 2 is 2.04 bits per heavy atom. The van der Waals surface area contributed by atoms with Gasteiger partial charge in [0.1, 0.15) is 29.3 Å². The molecule has 2 aromatic carbocycles. The number of aryl methyl sites for hydroxylation is 1. The molecule has 0 radical (unpaired) electrons. The van der Waals surface area contributed by atoms with Gasteiger partial charge in [-0.25, -0.2) is 4.79 Å². The molecule has 3 aromatic rings. The summed E-state index contributed by atoms with van der Waals surface area (Å²) in [5, 5.41) is 20.4. The molecule has 3 rings (SSSR count). The minimum atomic E-state index is -0.440. The summed E-state index contributed by atoms with van der Waals surface area (Å²) < 4.78 is 16.7. The first kappa shape index (κ1) is 18.8. The van der Waals surface area contributed by atoms with Crippen LogP contribution in [0.5, 0.6) is 5.75 Å². The number of hydrogen-bond donors (Lipinski definition) is 1. The zero-order valence-electron chi connectivity index (χ0n) is 15.3. The molecule has 0 aliphatic rings. The van der Waals surface area contributed by atoms with E-state index in [0.29, 0.717) is 33.6 Å². The van der Waals surface area contributed by atoms with E-state index in [0.717, 1.165) is 0 Å². The Labute approximate surface area is 156 Å². The van der Waals surface area contributed by atoms with E-state index >= 15 is 0 Å². The fourth-order valence-electron chi connectivity index (χ4n) is 2.75. The van der Waals surface area contributed by atoms with E-state index in [4.69, 9.17) is 19.1 Å². The van der Waals surface area contributed by atoms with Crippen LogP contribution in [0.15, 0.2) is 46.9 Å². The van der Waals surface area contributed by atoms with Crippen molar-refractivity contribution in [1.29, 1.82) is 0 Å². The molecule has 0 bridgehead atoms. The standard InChI is InChI=1S/C20H20NO6/c1-12(2)26-20(22)19-13(3)27-18-8-7-16(10-17(18)19)25-11-14-5-4-6-15(9-14)21(23)24/h4-10,12,23H,11H2,1-3H3/q-1. The van der Waals surface area contributed by atoms with Crippen molar-refractivity contribution in [2.45, 2.75) is 33.5 Å². The lowest BCUT2D eigenvalue weighted by molar-refractivity contribution is 0.0378. The second-order valence-electron chi connectivity index (χ2n) is 6.38. The van der Waals surface area contributed by atoms with Crippen LogP contribution < -0.4 is 9.96 Å². The van der Waals surface area contributed by atoms with E-state index in [-0.39, 0.29) is 23.6 Å². The number of carbonyl (C=O) groups is 1. The summed E-state index contributed by atoms with van der Waals surface area (Å²) in [4.78, 5) is 12.4. The van der Waals surface area contributed by atoms with E-state index in [1.54, 1.807) is 51.1 Å². The smallest absolute Gasteiger partial charge is 0.342 e. The van der Waals surface area contributed by atoms with Crippen molar-refractivity contribution in [3.63, 3.8) is 0 Å². The maximum atomic E-state index is 12.4. The highest BCUT2D eigenvalue weighted by Crippen LogP contribution is 2.30. The Hall–Kier alpha value is -3.03. The molecule has 0 saturated carbocycles. The molecule has 0 spiro atoms. The first-order valence-electron chi connectivity index (χ1n) is 8.47. The van der Waals surface area contributed by atoms with Gasteiger partial charge in [0.05, 0.1) is 11.8 Å². The summed E-state index contributed by atoms with van der Waals surface area (Å²) in [5.74, 6) is 0.582. The lowest BCUT2D eigenvalue weighted by Crippen LogP contribution is -2.12. The first-order chi connectivity index (χ1) is 12.8. The minimum absolute atomic E-state index is 0.121. The third-order valence-corrected chi connectivity index (χ3v) is 3.92. The van der Waals surface area contributed by atoms with Gasteiger partial charge in [0.25, 0.3) is 0 Å². The van der Waals surface area contributed by atoms with Crippen LogP contribution in [0.4, 0.5) is 5.69 Å². The minimum Gasteiger partial charge on any atom is -0.733 e. The Balaban J connectivity index is 1.84. The Morgan fingerprint density at radius 3 is 2.74 bits per heavy atom. The van der Waals surface area contributed by atoms with Crippen LogP contribution >= 0.6 is 0 Å². The van der Waals surface area contributed by atoms with Gasteiger partial charge in [0.15, 0.2) is 0 Å². The van der Waals surface area contributed by atoms with E-state index in [9.17, 15) is 10.0 Å². The number of furan rings is 1. The van der Waals surface area contributed by atoms with E-state index in [1.807, 2.05) is 0 Å². The van der Waals surface area contributed by atoms with Crippen LogP contribution in [0.1, 0.15) is 35.5 Å². The van der Waals surface area contributed by atoms with Crippen molar-refractivity contribution in [1.82, 2.24) is 0 Å². The quantitative estimate of drug-likeness (QED) is 0.501. The number of ether oxygens (including phenoxy) is 2. The SMILES string of the molecule is Cc1oc2ccc(OCc3cccc(N([O-])O)c3)cc2c1C(=O)OC(C)C. The topological polar surface area (TPSA) is 95.2 Å². The van der Waals surface area contributed by atoms with Crippen molar-refractivity contribution in [2.75, 3.05) is 5.23 Å². The van der Waals surface area contributed by atoms with Gasteiger partial charge in [-0.1, -0.05) is 12.1 Å². The number of benzene rings is 2. The number of esters is 1. The van der Waals surface area contributed by atoms with Crippen LogP contribution in [0.3, 0.4) is 0 Å². The summed E-state index contributed by atoms with van der Waals surface area (Å²) in [6.07, 6.45) is -0.235. The number of hydrogen-bond acceptors (Lipinski definition) is 7.